The predicted molar refractivity (Wildman–Crippen MR) is 96.7 cm³/mol. The molecule has 0 saturated carbocycles. The van der Waals surface area contributed by atoms with Crippen molar-refractivity contribution < 1.29 is 14.1 Å². The Bertz CT molecular complexity index is 654. The van der Waals surface area contributed by atoms with Crippen molar-refractivity contribution in [3.05, 3.63) is 40.4 Å². The highest BCUT2D eigenvalue weighted by atomic mass is 16.6. The maximum Gasteiger partial charge on any atom is 0.433 e. The summed E-state index contributed by atoms with van der Waals surface area (Å²) in [5, 5.41) is 10.7. The van der Waals surface area contributed by atoms with Gasteiger partial charge in [-0.05, 0) is 18.6 Å². The van der Waals surface area contributed by atoms with Gasteiger partial charge in [0.15, 0.2) is 5.76 Å². The highest BCUT2D eigenvalue weighted by Crippen LogP contribution is 2.25. The zero-order valence-electron chi connectivity index (χ0n) is 14.8. The zero-order valence-corrected chi connectivity index (χ0v) is 14.8. The van der Waals surface area contributed by atoms with Crippen molar-refractivity contribution >= 4 is 5.88 Å². The van der Waals surface area contributed by atoms with Crippen LogP contribution in [0.15, 0.2) is 34.7 Å². The largest absolute Gasteiger partial charge is 0.478 e. The Balaban J connectivity index is 1.71. The minimum absolute atomic E-state index is 0.290. The Kier molecular flexibility index (Phi) is 7.95. The number of unbranched alkanes of at least 4 members (excludes halogenated alkanes) is 7. The molecule has 0 saturated heterocycles. The Labute approximate surface area is 148 Å². The topological polar surface area (TPSA) is 78.4 Å². The van der Waals surface area contributed by atoms with Gasteiger partial charge in [0.25, 0.3) is 0 Å². The molecular weight excluding hydrogens is 320 g/mol. The molecule has 2 rings (SSSR count). The third kappa shape index (κ3) is 6.57. The number of pyridine rings is 1. The first kappa shape index (κ1) is 19.0. The van der Waals surface area contributed by atoms with Gasteiger partial charge in [-0.25, -0.2) is 4.98 Å². The van der Waals surface area contributed by atoms with Crippen LogP contribution in [0.4, 0.5) is 5.88 Å². The van der Waals surface area contributed by atoms with Crippen molar-refractivity contribution in [3.8, 4) is 17.3 Å². The first-order valence-electron chi connectivity index (χ1n) is 9.05. The highest BCUT2D eigenvalue weighted by molar-refractivity contribution is 5.54. The van der Waals surface area contributed by atoms with E-state index in [0.717, 1.165) is 12.8 Å². The molecule has 2 heterocycles. The maximum absolute atomic E-state index is 10.7. The second-order valence-corrected chi connectivity index (χ2v) is 6.08. The first-order valence-corrected chi connectivity index (χ1v) is 9.05. The smallest absolute Gasteiger partial charge is 0.433 e. The molecule has 0 aromatic carbocycles. The molecule has 0 radical (unpaired) electrons. The molecule has 2 aromatic heterocycles. The second kappa shape index (κ2) is 10.5. The van der Waals surface area contributed by atoms with Gasteiger partial charge in [0, 0.05) is 6.07 Å². The number of rotatable bonds is 12. The van der Waals surface area contributed by atoms with Crippen LogP contribution in [0.3, 0.4) is 0 Å². The summed E-state index contributed by atoms with van der Waals surface area (Å²) >= 11 is 0. The minimum atomic E-state index is -0.563. The number of nitro groups is 1. The molecule has 0 spiro atoms. The van der Waals surface area contributed by atoms with Crippen LogP contribution in [0.2, 0.25) is 0 Å². The average Bonchev–Trinajstić information content (AvgIpc) is 3.11. The third-order valence-electron chi connectivity index (χ3n) is 4.00. The zero-order chi connectivity index (χ0) is 17.9. The van der Waals surface area contributed by atoms with Gasteiger partial charge in [-0.1, -0.05) is 57.9 Å². The number of aromatic nitrogens is 1. The first-order chi connectivity index (χ1) is 12.2. The van der Waals surface area contributed by atoms with Gasteiger partial charge in [0.05, 0.1) is 12.7 Å². The molecule has 0 amide bonds. The number of ether oxygens (including phenoxy) is 1. The summed E-state index contributed by atoms with van der Waals surface area (Å²) in [6.07, 6.45) is 10.0. The molecule has 2 aromatic rings. The minimum Gasteiger partial charge on any atom is -0.478 e. The van der Waals surface area contributed by atoms with Gasteiger partial charge < -0.3 is 9.15 Å². The molecule has 0 fully saturated rings. The van der Waals surface area contributed by atoms with Crippen LogP contribution in [0.5, 0.6) is 5.88 Å². The molecule has 0 N–H and O–H groups in total. The van der Waals surface area contributed by atoms with Crippen molar-refractivity contribution in [1.82, 2.24) is 4.98 Å². The molecular formula is C19H26N2O4. The third-order valence-corrected chi connectivity index (χ3v) is 4.00. The summed E-state index contributed by atoms with van der Waals surface area (Å²) in [6.45, 7) is 2.86. The quantitative estimate of drug-likeness (QED) is 0.277. The van der Waals surface area contributed by atoms with E-state index in [1.807, 2.05) is 0 Å². The van der Waals surface area contributed by atoms with Gasteiger partial charge in [-0.3, -0.25) is 10.1 Å². The van der Waals surface area contributed by atoms with E-state index >= 15 is 0 Å². The summed E-state index contributed by atoms with van der Waals surface area (Å²) in [7, 11) is 0. The number of furan rings is 1. The number of nitrogens with zero attached hydrogens (tertiary/aromatic N) is 2. The Morgan fingerprint density at radius 2 is 1.76 bits per heavy atom. The molecule has 0 aliphatic carbocycles. The van der Waals surface area contributed by atoms with Gasteiger partial charge >= 0.3 is 5.88 Å². The SMILES string of the molecule is CCCCCCCCCCOc1cccc(-c2ccc([N+](=O)[O-])o2)n1. The van der Waals surface area contributed by atoms with Crippen LogP contribution < -0.4 is 4.74 Å². The fourth-order valence-corrected chi connectivity index (χ4v) is 2.61. The Hall–Kier alpha value is -2.37. The van der Waals surface area contributed by atoms with Crippen LogP contribution >= 0.6 is 0 Å². The lowest BCUT2D eigenvalue weighted by molar-refractivity contribution is -0.401. The fraction of sp³-hybridized carbons (Fsp3) is 0.526. The summed E-state index contributed by atoms with van der Waals surface area (Å²) in [4.78, 5) is 14.5. The van der Waals surface area contributed by atoms with E-state index in [2.05, 4.69) is 11.9 Å². The van der Waals surface area contributed by atoms with Crippen molar-refractivity contribution in [3.63, 3.8) is 0 Å². The highest BCUT2D eigenvalue weighted by Gasteiger charge is 2.14. The standard InChI is InChI=1S/C19H26N2O4/c1-2-3-4-5-6-7-8-9-15-24-18-12-10-11-16(20-18)17-13-14-19(25-17)21(22)23/h10-14H,2-9,15H2,1H3. The molecule has 6 heteroatoms. The van der Waals surface area contributed by atoms with Crippen molar-refractivity contribution in [2.45, 2.75) is 58.3 Å². The Morgan fingerprint density at radius 3 is 2.44 bits per heavy atom. The summed E-state index contributed by atoms with van der Waals surface area (Å²) < 4.78 is 10.8. The second-order valence-electron chi connectivity index (χ2n) is 6.08. The van der Waals surface area contributed by atoms with E-state index in [9.17, 15) is 10.1 Å². The van der Waals surface area contributed by atoms with Gasteiger partial charge in [0.2, 0.25) is 5.88 Å². The monoisotopic (exact) mass is 346 g/mol. The summed E-state index contributed by atoms with van der Waals surface area (Å²) in [6, 6.07) is 8.20. The van der Waals surface area contributed by atoms with Gasteiger partial charge in [-0.15, -0.1) is 0 Å². The molecule has 6 nitrogen and oxygen atoms in total. The van der Waals surface area contributed by atoms with Gasteiger partial charge in [-0.2, -0.15) is 0 Å². The van der Waals surface area contributed by atoms with E-state index in [1.165, 1.54) is 44.6 Å². The molecule has 0 unspecified atom stereocenters. The maximum atomic E-state index is 10.7. The molecule has 0 bridgehead atoms. The average molecular weight is 346 g/mol. The number of hydrogen-bond acceptors (Lipinski definition) is 5. The van der Waals surface area contributed by atoms with Crippen LogP contribution in [0.1, 0.15) is 58.3 Å². The summed E-state index contributed by atoms with van der Waals surface area (Å²) in [5.41, 5.74) is 0.529. The predicted octanol–water partition coefficient (Wildman–Crippen LogP) is 5.77. The van der Waals surface area contributed by atoms with Crippen molar-refractivity contribution in [2.24, 2.45) is 0 Å². The summed E-state index contributed by atoms with van der Waals surface area (Å²) in [5.74, 6) is 0.589. The van der Waals surface area contributed by atoms with Crippen molar-refractivity contribution in [2.75, 3.05) is 6.61 Å². The van der Waals surface area contributed by atoms with E-state index in [4.69, 9.17) is 9.15 Å². The fourth-order valence-electron chi connectivity index (χ4n) is 2.61. The molecule has 0 aliphatic rings. The number of hydrogen-bond donors (Lipinski definition) is 0. The lowest BCUT2D eigenvalue weighted by Crippen LogP contribution is -1.99. The van der Waals surface area contributed by atoms with Crippen LogP contribution in [-0.4, -0.2) is 16.5 Å². The molecule has 25 heavy (non-hydrogen) atoms. The lowest BCUT2D eigenvalue weighted by Gasteiger charge is -2.06. The van der Waals surface area contributed by atoms with E-state index < -0.39 is 4.92 Å². The van der Waals surface area contributed by atoms with Crippen LogP contribution in [-0.2, 0) is 0 Å². The van der Waals surface area contributed by atoms with Crippen molar-refractivity contribution in [1.29, 1.82) is 0 Å². The van der Waals surface area contributed by atoms with E-state index in [1.54, 1.807) is 24.3 Å². The van der Waals surface area contributed by atoms with E-state index in [0.29, 0.717) is 23.9 Å². The molecule has 0 atom stereocenters. The van der Waals surface area contributed by atoms with Crippen LogP contribution in [0.25, 0.3) is 11.5 Å². The Morgan fingerprint density at radius 1 is 1.04 bits per heavy atom. The lowest BCUT2D eigenvalue weighted by atomic mass is 10.1. The van der Waals surface area contributed by atoms with Gasteiger partial charge in [0.1, 0.15) is 10.6 Å². The van der Waals surface area contributed by atoms with E-state index in [-0.39, 0.29) is 5.88 Å². The normalized spacial score (nSPS) is 10.8. The van der Waals surface area contributed by atoms with Crippen LogP contribution in [0, 0.1) is 10.1 Å². The molecule has 0 aliphatic heterocycles. The molecule has 136 valence electrons.